The molecule has 0 aliphatic carbocycles. The van der Waals surface area contributed by atoms with Crippen LogP contribution in [0.5, 0.6) is 0 Å². The summed E-state index contributed by atoms with van der Waals surface area (Å²) in [6.45, 7) is 2.15. The van der Waals surface area contributed by atoms with Crippen molar-refractivity contribution in [3.05, 3.63) is 23.8 Å². The number of alkyl halides is 2. The standard InChI is InChI=1S/C11H15F2N3O/c1-7(17)15-4-5-16-10-3-2-8(14)6-9(10)11(12)13/h2-3,6,11,16H,4-5,14H2,1H3,(H,15,17). The lowest BCUT2D eigenvalue weighted by molar-refractivity contribution is -0.118. The third-order valence-corrected chi connectivity index (χ3v) is 2.13. The van der Waals surface area contributed by atoms with Crippen molar-refractivity contribution in [1.82, 2.24) is 5.32 Å². The molecule has 0 atom stereocenters. The van der Waals surface area contributed by atoms with E-state index in [4.69, 9.17) is 5.73 Å². The van der Waals surface area contributed by atoms with Crippen molar-refractivity contribution in [2.75, 3.05) is 24.1 Å². The van der Waals surface area contributed by atoms with Crippen LogP contribution < -0.4 is 16.4 Å². The van der Waals surface area contributed by atoms with E-state index in [0.29, 0.717) is 24.5 Å². The number of hydrogen-bond donors (Lipinski definition) is 3. The molecule has 0 aliphatic heterocycles. The Morgan fingerprint density at radius 3 is 2.71 bits per heavy atom. The van der Waals surface area contributed by atoms with Crippen molar-refractivity contribution < 1.29 is 13.6 Å². The number of anilines is 2. The smallest absolute Gasteiger partial charge is 0.265 e. The van der Waals surface area contributed by atoms with Crippen LogP contribution in [0.25, 0.3) is 0 Å². The molecule has 0 bridgehead atoms. The molecule has 0 spiro atoms. The Labute approximate surface area is 98.2 Å². The van der Waals surface area contributed by atoms with Crippen LogP contribution in [0.2, 0.25) is 0 Å². The maximum absolute atomic E-state index is 12.7. The van der Waals surface area contributed by atoms with E-state index in [1.54, 1.807) is 6.07 Å². The maximum atomic E-state index is 12.7. The van der Waals surface area contributed by atoms with Crippen molar-refractivity contribution >= 4 is 17.3 Å². The predicted octanol–water partition coefficient (Wildman–Crippen LogP) is 1.75. The molecule has 0 fully saturated rings. The highest BCUT2D eigenvalue weighted by atomic mass is 19.3. The fourth-order valence-electron chi connectivity index (χ4n) is 1.36. The minimum absolute atomic E-state index is 0.132. The van der Waals surface area contributed by atoms with Gasteiger partial charge in [0.1, 0.15) is 0 Å². The molecule has 1 rings (SSSR count). The molecule has 1 amide bonds. The summed E-state index contributed by atoms with van der Waals surface area (Å²) in [6, 6.07) is 4.29. The summed E-state index contributed by atoms with van der Waals surface area (Å²) in [6.07, 6.45) is -2.58. The Hall–Kier alpha value is -1.85. The van der Waals surface area contributed by atoms with Gasteiger partial charge < -0.3 is 16.4 Å². The van der Waals surface area contributed by atoms with E-state index in [9.17, 15) is 13.6 Å². The molecule has 4 N–H and O–H groups in total. The van der Waals surface area contributed by atoms with Gasteiger partial charge in [-0.1, -0.05) is 0 Å². The Balaban J connectivity index is 2.61. The highest BCUT2D eigenvalue weighted by molar-refractivity contribution is 5.72. The summed E-state index contributed by atoms with van der Waals surface area (Å²) >= 11 is 0. The van der Waals surface area contributed by atoms with Gasteiger partial charge in [-0.05, 0) is 18.2 Å². The lowest BCUT2D eigenvalue weighted by atomic mass is 10.1. The van der Waals surface area contributed by atoms with Crippen LogP contribution in [0.1, 0.15) is 18.9 Å². The van der Waals surface area contributed by atoms with E-state index >= 15 is 0 Å². The summed E-state index contributed by atoms with van der Waals surface area (Å²) in [7, 11) is 0. The average molecular weight is 243 g/mol. The summed E-state index contributed by atoms with van der Waals surface area (Å²) in [4.78, 5) is 10.6. The molecule has 0 radical (unpaired) electrons. The molecule has 4 nitrogen and oxygen atoms in total. The van der Waals surface area contributed by atoms with Crippen LogP contribution in [0.3, 0.4) is 0 Å². The first-order chi connectivity index (χ1) is 8.00. The van der Waals surface area contributed by atoms with Gasteiger partial charge >= 0.3 is 0 Å². The second-order valence-electron chi connectivity index (χ2n) is 3.56. The zero-order valence-electron chi connectivity index (χ0n) is 9.47. The number of amides is 1. The first-order valence-electron chi connectivity index (χ1n) is 5.16. The van der Waals surface area contributed by atoms with Crippen molar-refractivity contribution in [3.63, 3.8) is 0 Å². The summed E-state index contributed by atoms with van der Waals surface area (Å²) in [5, 5.41) is 5.39. The topological polar surface area (TPSA) is 67.2 Å². The zero-order chi connectivity index (χ0) is 12.8. The Bertz CT molecular complexity index is 396. The molecular formula is C11H15F2N3O. The van der Waals surface area contributed by atoms with E-state index in [2.05, 4.69) is 10.6 Å². The number of halogens is 2. The van der Waals surface area contributed by atoms with Crippen molar-refractivity contribution in [2.45, 2.75) is 13.3 Å². The van der Waals surface area contributed by atoms with Gasteiger partial charge in [0.05, 0.1) is 0 Å². The molecule has 17 heavy (non-hydrogen) atoms. The molecule has 0 saturated carbocycles. The SMILES string of the molecule is CC(=O)NCCNc1ccc(N)cc1C(F)F. The predicted molar refractivity (Wildman–Crippen MR) is 63.0 cm³/mol. The first kappa shape index (κ1) is 13.2. The number of carbonyl (C=O) groups is 1. The Kier molecular flexibility index (Phi) is 4.68. The quantitative estimate of drug-likeness (QED) is 0.545. The summed E-state index contributed by atoms with van der Waals surface area (Å²) < 4.78 is 25.4. The molecule has 6 heteroatoms. The Morgan fingerprint density at radius 2 is 2.12 bits per heavy atom. The van der Waals surface area contributed by atoms with Crippen LogP contribution in [0, 0.1) is 0 Å². The first-order valence-corrected chi connectivity index (χ1v) is 5.16. The number of benzene rings is 1. The van der Waals surface area contributed by atoms with Gasteiger partial charge in [-0.2, -0.15) is 0 Å². The zero-order valence-corrected chi connectivity index (χ0v) is 9.47. The van der Waals surface area contributed by atoms with E-state index in [1.807, 2.05) is 0 Å². The molecule has 0 aromatic heterocycles. The number of carbonyl (C=O) groups excluding carboxylic acids is 1. The molecule has 0 heterocycles. The average Bonchev–Trinajstić information content (AvgIpc) is 2.25. The van der Waals surface area contributed by atoms with Crippen LogP contribution in [-0.2, 0) is 4.79 Å². The lowest BCUT2D eigenvalue weighted by Crippen LogP contribution is -2.26. The fraction of sp³-hybridized carbons (Fsp3) is 0.364. The molecule has 0 saturated heterocycles. The highest BCUT2D eigenvalue weighted by Crippen LogP contribution is 2.28. The number of nitrogens with one attached hydrogen (secondary N) is 2. The highest BCUT2D eigenvalue weighted by Gasteiger charge is 2.12. The van der Waals surface area contributed by atoms with Gasteiger partial charge in [0.25, 0.3) is 6.43 Å². The van der Waals surface area contributed by atoms with Crippen molar-refractivity contribution in [3.8, 4) is 0 Å². The van der Waals surface area contributed by atoms with Gasteiger partial charge in [0.15, 0.2) is 0 Å². The van der Waals surface area contributed by atoms with E-state index < -0.39 is 6.43 Å². The molecule has 94 valence electrons. The number of hydrogen-bond acceptors (Lipinski definition) is 3. The molecule has 0 unspecified atom stereocenters. The second kappa shape index (κ2) is 6.03. The van der Waals surface area contributed by atoms with Gasteiger partial charge in [-0.3, -0.25) is 4.79 Å². The van der Waals surface area contributed by atoms with Gasteiger partial charge in [-0.15, -0.1) is 0 Å². The van der Waals surface area contributed by atoms with E-state index in [0.717, 1.165) is 0 Å². The molecular weight excluding hydrogens is 228 g/mol. The summed E-state index contributed by atoms with van der Waals surface area (Å²) in [5.74, 6) is -0.154. The Morgan fingerprint density at radius 1 is 1.41 bits per heavy atom. The van der Waals surface area contributed by atoms with Crippen molar-refractivity contribution in [2.24, 2.45) is 0 Å². The maximum Gasteiger partial charge on any atom is 0.265 e. The number of nitrogens with two attached hydrogens (primary N) is 1. The molecule has 0 aliphatic rings. The molecule has 1 aromatic rings. The lowest BCUT2D eigenvalue weighted by Gasteiger charge is -2.12. The van der Waals surface area contributed by atoms with Gasteiger partial charge in [-0.25, -0.2) is 8.78 Å². The summed E-state index contributed by atoms with van der Waals surface area (Å²) in [5.41, 5.74) is 5.94. The second-order valence-corrected chi connectivity index (χ2v) is 3.56. The van der Waals surface area contributed by atoms with Crippen LogP contribution >= 0.6 is 0 Å². The van der Waals surface area contributed by atoms with Crippen LogP contribution in [0.15, 0.2) is 18.2 Å². The third-order valence-electron chi connectivity index (χ3n) is 2.13. The van der Waals surface area contributed by atoms with Crippen LogP contribution in [-0.4, -0.2) is 19.0 Å². The van der Waals surface area contributed by atoms with E-state index in [-0.39, 0.29) is 11.5 Å². The van der Waals surface area contributed by atoms with Gasteiger partial charge in [0.2, 0.25) is 5.91 Å². The largest absolute Gasteiger partial charge is 0.399 e. The third kappa shape index (κ3) is 4.26. The number of rotatable bonds is 5. The fourth-order valence-corrected chi connectivity index (χ4v) is 1.36. The normalized spacial score (nSPS) is 10.4. The van der Waals surface area contributed by atoms with Crippen LogP contribution in [0.4, 0.5) is 20.2 Å². The minimum Gasteiger partial charge on any atom is -0.399 e. The molecule has 1 aromatic carbocycles. The van der Waals surface area contributed by atoms with E-state index in [1.165, 1.54) is 19.1 Å². The number of nitrogen functional groups attached to an aromatic ring is 1. The van der Waals surface area contributed by atoms with Gasteiger partial charge in [0, 0.05) is 37.0 Å². The van der Waals surface area contributed by atoms with Crippen molar-refractivity contribution in [1.29, 1.82) is 0 Å². The monoisotopic (exact) mass is 243 g/mol. The minimum atomic E-state index is -2.58.